The van der Waals surface area contributed by atoms with Crippen LogP contribution in [0.3, 0.4) is 0 Å². The van der Waals surface area contributed by atoms with Gasteiger partial charge in [-0.3, -0.25) is 14.5 Å². The molecule has 6 nitrogen and oxygen atoms in total. The molecule has 2 aliphatic rings. The van der Waals surface area contributed by atoms with Crippen LogP contribution in [0.1, 0.15) is 5.56 Å². The van der Waals surface area contributed by atoms with Crippen LogP contribution in [-0.4, -0.2) is 54.8 Å². The van der Waals surface area contributed by atoms with Gasteiger partial charge in [0.05, 0.1) is 25.0 Å². The summed E-state index contributed by atoms with van der Waals surface area (Å²) < 4.78 is 5.29. The zero-order valence-electron chi connectivity index (χ0n) is 15.5. The zero-order chi connectivity index (χ0) is 19.3. The monoisotopic (exact) mass is 397 g/mol. The van der Waals surface area contributed by atoms with Crippen molar-refractivity contribution >= 4 is 35.0 Å². The second-order valence-corrected chi connectivity index (χ2v) is 8.17. The van der Waals surface area contributed by atoms with Crippen molar-refractivity contribution in [3.63, 3.8) is 0 Å². The van der Waals surface area contributed by atoms with Gasteiger partial charge in [-0.15, -0.1) is 11.8 Å². The normalized spacial score (nSPS) is 19.1. The SMILES string of the molecule is O=C(CN1CCOCC1)Nc1ccc(NC(=O)C2Cc3ccccc3S2)cc1. The van der Waals surface area contributed by atoms with E-state index in [1.807, 2.05) is 36.4 Å². The highest BCUT2D eigenvalue weighted by Gasteiger charge is 2.27. The summed E-state index contributed by atoms with van der Waals surface area (Å²) in [5.74, 6) is -0.0379. The Morgan fingerprint density at radius 3 is 2.39 bits per heavy atom. The number of nitrogens with zero attached hydrogens (tertiary/aromatic N) is 1. The van der Waals surface area contributed by atoms with Crippen molar-refractivity contribution in [2.75, 3.05) is 43.5 Å². The molecule has 28 heavy (non-hydrogen) atoms. The first-order chi connectivity index (χ1) is 13.7. The van der Waals surface area contributed by atoms with Gasteiger partial charge in [0.25, 0.3) is 0 Å². The van der Waals surface area contributed by atoms with E-state index in [9.17, 15) is 9.59 Å². The average molecular weight is 398 g/mol. The quantitative estimate of drug-likeness (QED) is 0.812. The highest BCUT2D eigenvalue weighted by Crippen LogP contribution is 2.37. The lowest BCUT2D eigenvalue weighted by Gasteiger charge is -2.25. The molecule has 0 saturated carbocycles. The fraction of sp³-hybridized carbons (Fsp3) is 0.333. The van der Waals surface area contributed by atoms with Gasteiger partial charge in [-0.25, -0.2) is 0 Å². The van der Waals surface area contributed by atoms with Crippen molar-refractivity contribution in [2.45, 2.75) is 16.6 Å². The molecule has 146 valence electrons. The molecular formula is C21H23N3O3S. The summed E-state index contributed by atoms with van der Waals surface area (Å²) in [5, 5.41) is 5.76. The molecule has 2 aliphatic heterocycles. The molecule has 2 aromatic rings. The highest BCUT2D eigenvalue weighted by atomic mass is 32.2. The molecular weight excluding hydrogens is 374 g/mol. The van der Waals surface area contributed by atoms with Gasteiger partial charge < -0.3 is 15.4 Å². The molecule has 1 saturated heterocycles. The van der Waals surface area contributed by atoms with E-state index in [1.54, 1.807) is 11.8 Å². The van der Waals surface area contributed by atoms with Crippen LogP contribution in [0.5, 0.6) is 0 Å². The van der Waals surface area contributed by atoms with Crippen LogP contribution in [-0.2, 0) is 20.7 Å². The Balaban J connectivity index is 1.27. The van der Waals surface area contributed by atoms with Gasteiger partial charge in [0, 0.05) is 29.4 Å². The number of hydrogen-bond donors (Lipinski definition) is 2. The third kappa shape index (κ3) is 4.73. The first-order valence-electron chi connectivity index (χ1n) is 9.43. The minimum atomic E-state index is -0.106. The number of morpholine rings is 1. The first kappa shape index (κ1) is 19.0. The minimum Gasteiger partial charge on any atom is -0.379 e. The Labute approximate surface area is 168 Å². The summed E-state index contributed by atoms with van der Waals surface area (Å²) in [5.41, 5.74) is 2.68. The Bertz CT molecular complexity index is 825. The van der Waals surface area contributed by atoms with E-state index in [0.717, 1.165) is 30.9 Å². The van der Waals surface area contributed by atoms with Gasteiger partial charge >= 0.3 is 0 Å². The van der Waals surface area contributed by atoms with Gasteiger partial charge in [-0.05, 0) is 42.3 Å². The van der Waals surface area contributed by atoms with Crippen molar-refractivity contribution in [1.82, 2.24) is 4.90 Å². The number of amides is 2. The van der Waals surface area contributed by atoms with Crippen LogP contribution >= 0.6 is 11.8 Å². The van der Waals surface area contributed by atoms with E-state index in [1.165, 1.54) is 10.5 Å². The number of carbonyl (C=O) groups is 2. The highest BCUT2D eigenvalue weighted by molar-refractivity contribution is 8.01. The number of hydrogen-bond acceptors (Lipinski definition) is 5. The van der Waals surface area contributed by atoms with E-state index in [0.29, 0.717) is 19.8 Å². The Morgan fingerprint density at radius 2 is 1.68 bits per heavy atom. The van der Waals surface area contributed by atoms with Gasteiger partial charge in [-0.2, -0.15) is 0 Å². The van der Waals surface area contributed by atoms with E-state index < -0.39 is 0 Å². The van der Waals surface area contributed by atoms with Gasteiger partial charge in [-0.1, -0.05) is 18.2 Å². The maximum atomic E-state index is 12.5. The lowest BCUT2D eigenvalue weighted by molar-refractivity contribution is -0.118. The molecule has 2 amide bonds. The van der Waals surface area contributed by atoms with Gasteiger partial charge in [0.15, 0.2) is 0 Å². The number of carbonyl (C=O) groups excluding carboxylic acids is 2. The molecule has 2 aromatic carbocycles. The van der Waals surface area contributed by atoms with Crippen LogP contribution in [0.2, 0.25) is 0 Å². The third-order valence-electron chi connectivity index (χ3n) is 4.85. The smallest absolute Gasteiger partial charge is 0.238 e. The van der Waals surface area contributed by atoms with Crippen molar-refractivity contribution in [3.05, 3.63) is 54.1 Å². The number of thioether (sulfide) groups is 1. The van der Waals surface area contributed by atoms with Gasteiger partial charge in [0.2, 0.25) is 11.8 Å². The second-order valence-electron chi connectivity index (χ2n) is 6.92. The molecule has 0 bridgehead atoms. The summed E-state index contributed by atoms with van der Waals surface area (Å²) in [7, 11) is 0. The van der Waals surface area contributed by atoms with E-state index in [2.05, 4.69) is 27.7 Å². The van der Waals surface area contributed by atoms with Crippen LogP contribution in [0, 0.1) is 0 Å². The molecule has 2 heterocycles. The van der Waals surface area contributed by atoms with Crippen LogP contribution < -0.4 is 10.6 Å². The number of rotatable bonds is 5. The van der Waals surface area contributed by atoms with E-state index in [4.69, 9.17) is 4.74 Å². The van der Waals surface area contributed by atoms with E-state index >= 15 is 0 Å². The standard InChI is InChI=1S/C21H23N3O3S/c25-20(14-24-9-11-27-12-10-24)22-16-5-7-17(8-6-16)23-21(26)19-13-15-3-1-2-4-18(15)28-19/h1-8,19H,9-14H2,(H,22,25)(H,23,26). The number of nitrogens with one attached hydrogen (secondary N) is 2. The minimum absolute atomic E-state index is 0.00491. The Morgan fingerprint density at radius 1 is 1.00 bits per heavy atom. The predicted octanol–water partition coefficient (Wildman–Crippen LogP) is 2.61. The molecule has 1 fully saturated rings. The molecule has 0 aromatic heterocycles. The topological polar surface area (TPSA) is 70.7 Å². The average Bonchev–Trinajstić information content (AvgIpc) is 3.15. The van der Waals surface area contributed by atoms with Crippen molar-refractivity contribution in [3.8, 4) is 0 Å². The lowest BCUT2D eigenvalue weighted by Crippen LogP contribution is -2.41. The maximum absolute atomic E-state index is 12.5. The first-order valence-corrected chi connectivity index (χ1v) is 10.3. The molecule has 1 atom stereocenters. The van der Waals surface area contributed by atoms with Gasteiger partial charge in [0.1, 0.15) is 0 Å². The third-order valence-corrected chi connectivity index (χ3v) is 6.16. The number of ether oxygens (including phenoxy) is 1. The van der Waals surface area contributed by atoms with Crippen molar-refractivity contribution in [1.29, 1.82) is 0 Å². The van der Waals surface area contributed by atoms with Crippen LogP contribution in [0.15, 0.2) is 53.4 Å². The largest absolute Gasteiger partial charge is 0.379 e. The molecule has 0 spiro atoms. The second kappa shape index (κ2) is 8.77. The van der Waals surface area contributed by atoms with Crippen molar-refractivity contribution in [2.24, 2.45) is 0 Å². The van der Waals surface area contributed by atoms with Crippen LogP contribution in [0.25, 0.3) is 0 Å². The molecule has 0 radical (unpaired) electrons. The predicted molar refractivity (Wildman–Crippen MR) is 111 cm³/mol. The summed E-state index contributed by atoms with van der Waals surface area (Å²) in [6.45, 7) is 3.27. The molecule has 7 heteroatoms. The molecule has 0 aliphatic carbocycles. The Kier molecular flexibility index (Phi) is 5.95. The fourth-order valence-corrected chi connectivity index (χ4v) is 4.55. The van der Waals surface area contributed by atoms with Crippen molar-refractivity contribution < 1.29 is 14.3 Å². The maximum Gasteiger partial charge on any atom is 0.238 e. The summed E-state index contributed by atoms with van der Waals surface area (Å²) >= 11 is 1.61. The Hall–Kier alpha value is -2.35. The molecule has 1 unspecified atom stereocenters. The van der Waals surface area contributed by atoms with E-state index in [-0.39, 0.29) is 17.1 Å². The van der Waals surface area contributed by atoms with Crippen LogP contribution in [0.4, 0.5) is 11.4 Å². The fourth-order valence-electron chi connectivity index (χ4n) is 3.35. The number of fused-ring (bicyclic) bond motifs is 1. The summed E-state index contributed by atoms with van der Waals surface area (Å²) in [6, 6.07) is 15.4. The zero-order valence-corrected chi connectivity index (χ0v) is 16.3. The number of anilines is 2. The lowest BCUT2D eigenvalue weighted by atomic mass is 10.1. The molecule has 2 N–H and O–H groups in total. The number of benzene rings is 2. The molecule has 4 rings (SSSR count). The summed E-state index contributed by atoms with van der Waals surface area (Å²) in [4.78, 5) is 28.0. The summed E-state index contributed by atoms with van der Waals surface area (Å²) in [6.07, 6.45) is 0.752.